The number of benzene rings is 8. The first kappa shape index (κ1) is 53.1. The molecule has 384 valence electrons. The van der Waals surface area contributed by atoms with Crippen LogP contribution in [0.2, 0.25) is 0 Å². The number of pyridine rings is 2. The van der Waals surface area contributed by atoms with E-state index in [1.165, 1.54) is 4.73 Å². The molecule has 0 radical (unpaired) electrons. The number of hydrogen-bond donors (Lipinski definition) is 2. The minimum absolute atomic E-state index is 0.525. The Bertz CT molecular complexity index is 3810. The lowest BCUT2D eigenvalue weighted by atomic mass is 9.81. The summed E-state index contributed by atoms with van der Waals surface area (Å²) in [7, 11) is -1.34. The first-order chi connectivity index (χ1) is 38.4. The van der Waals surface area contributed by atoms with Gasteiger partial charge in [0.1, 0.15) is 23.0 Å². The molecule has 4 aromatic heterocycles. The Morgan fingerprint density at radius 1 is 0.410 bits per heavy atom. The van der Waals surface area contributed by atoms with Gasteiger partial charge in [0.2, 0.25) is 0 Å². The summed E-state index contributed by atoms with van der Waals surface area (Å²) in [5.41, 5.74) is 7.70. The molecule has 4 heterocycles. The van der Waals surface area contributed by atoms with Crippen LogP contribution in [0.5, 0.6) is 23.0 Å². The van der Waals surface area contributed by atoms with Crippen molar-refractivity contribution >= 4 is 81.3 Å². The number of hydrogen-bond acceptors (Lipinski definition) is 12. The molecular weight excluding hydrogens is 1130 g/mol. The van der Waals surface area contributed by atoms with Crippen molar-refractivity contribution in [2.45, 2.75) is 9.79 Å². The standard InChI is InChI=1S/C31H22N2O3S.C25H17IN2O3S.C6H7BO2/c1-4-12-23(13-5-1)29-22-33(35-36-37-26-16-8-3-9-17-26)31-28(29)20-24(21-32-31)27-18-10-11-19-30(27)34-25-14-6-2-7-15-25;26-23-17-28(30-31-32-20-11-5-2-6-12-20)25-22(23)15-18(16-27-25)21-13-7-8-14-24(21)29-19-9-3-1-4-10-19;8-7(9)6-4-2-1-3-5-6/h1-22H;1-17H;1-5,8-9H. The summed E-state index contributed by atoms with van der Waals surface area (Å²) < 4.78 is 27.3. The minimum Gasteiger partial charge on any atom is -0.457 e. The fourth-order valence-electron chi connectivity index (χ4n) is 7.95. The van der Waals surface area contributed by atoms with Gasteiger partial charge in [0, 0.05) is 64.3 Å². The number of rotatable bonds is 16. The van der Waals surface area contributed by atoms with E-state index in [1.54, 1.807) is 29.0 Å². The molecule has 0 fully saturated rings. The van der Waals surface area contributed by atoms with Gasteiger partial charge in [0.25, 0.3) is 0 Å². The molecule has 2 N–H and O–H groups in total. The molecule has 0 amide bonds. The molecule has 0 aliphatic rings. The van der Waals surface area contributed by atoms with E-state index in [2.05, 4.69) is 51.8 Å². The Balaban J connectivity index is 0.000000153. The molecule has 0 spiro atoms. The maximum Gasteiger partial charge on any atom is 0.488 e. The Morgan fingerprint density at radius 3 is 1.28 bits per heavy atom. The molecule has 0 saturated carbocycles. The van der Waals surface area contributed by atoms with Crippen LogP contribution in [0.3, 0.4) is 0 Å². The van der Waals surface area contributed by atoms with Crippen molar-refractivity contribution in [1.82, 2.24) is 19.4 Å². The first-order valence-corrected chi connectivity index (χ1v) is 26.9. The van der Waals surface area contributed by atoms with Crippen LogP contribution in [0.25, 0.3) is 55.4 Å². The average Bonchev–Trinajstić information content (AvgIpc) is 4.10. The highest BCUT2D eigenvalue weighted by Gasteiger charge is 2.18. The van der Waals surface area contributed by atoms with E-state index in [0.29, 0.717) is 16.8 Å². The zero-order valence-corrected chi connectivity index (χ0v) is 45.1. The van der Waals surface area contributed by atoms with Crippen LogP contribution in [-0.2, 0) is 8.67 Å². The normalized spacial score (nSPS) is 10.7. The predicted molar refractivity (Wildman–Crippen MR) is 318 cm³/mol. The summed E-state index contributed by atoms with van der Waals surface area (Å²) >= 11 is 4.56. The summed E-state index contributed by atoms with van der Waals surface area (Å²) in [5, 5.41) is 19.1. The Kier molecular flexibility index (Phi) is 18.1. The molecule has 12 rings (SSSR count). The van der Waals surface area contributed by atoms with Gasteiger partial charge in [-0.05, 0) is 106 Å². The van der Waals surface area contributed by atoms with Gasteiger partial charge in [-0.15, -0.1) is 9.46 Å². The van der Waals surface area contributed by atoms with Gasteiger partial charge in [-0.2, -0.15) is 0 Å². The highest BCUT2D eigenvalue weighted by atomic mass is 127. The second-order valence-electron chi connectivity index (χ2n) is 16.9. The van der Waals surface area contributed by atoms with E-state index in [1.807, 2.05) is 219 Å². The van der Waals surface area contributed by atoms with Gasteiger partial charge in [-0.1, -0.05) is 179 Å². The van der Waals surface area contributed by atoms with Gasteiger partial charge in [-0.25, -0.2) is 19.9 Å². The van der Waals surface area contributed by atoms with E-state index in [0.717, 1.165) is 105 Å². The predicted octanol–water partition coefficient (Wildman–Crippen LogP) is 14.8. The SMILES string of the molecule is Ic1cn(OOSc2ccccc2)c2ncc(-c3ccccc3Oc3ccccc3)cc12.OB(O)c1ccccc1.c1ccc(Oc2ccccc2-c2cnc3c(c2)c(-c2ccccc2)cn3OOSc2ccccc2)cc1. The van der Waals surface area contributed by atoms with Gasteiger partial charge < -0.3 is 19.5 Å². The molecule has 12 aromatic rings. The minimum atomic E-state index is -1.34. The van der Waals surface area contributed by atoms with Crippen LogP contribution < -0.4 is 24.9 Å². The molecule has 8 aromatic carbocycles. The van der Waals surface area contributed by atoms with Crippen LogP contribution >= 0.6 is 46.7 Å². The third-order valence-corrected chi connectivity index (χ3v) is 13.7. The zero-order chi connectivity index (χ0) is 53.3. The van der Waals surface area contributed by atoms with Crippen molar-refractivity contribution in [3.63, 3.8) is 0 Å². The van der Waals surface area contributed by atoms with E-state index in [4.69, 9.17) is 43.1 Å². The molecule has 16 heteroatoms. The van der Waals surface area contributed by atoms with Crippen LogP contribution in [0.15, 0.2) is 277 Å². The van der Waals surface area contributed by atoms with Crippen molar-refractivity contribution in [3.8, 4) is 56.4 Å². The van der Waals surface area contributed by atoms with Crippen molar-refractivity contribution < 1.29 is 38.2 Å². The van der Waals surface area contributed by atoms with Crippen LogP contribution in [0.1, 0.15) is 0 Å². The summed E-state index contributed by atoms with van der Waals surface area (Å²) in [6.45, 7) is 0. The topological polar surface area (TPSA) is 131 Å². The highest BCUT2D eigenvalue weighted by Crippen LogP contribution is 2.38. The fourth-order valence-corrected chi connectivity index (χ4v) is 9.48. The smallest absolute Gasteiger partial charge is 0.457 e. The highest BCUT2D eigenvalue weighted by molar-refractivity contribution is 14.1. The molecule has 78 heavy (non-hydrogen) atoms. The number of nitrogens with zero attached hydrogens (tertiary/aromatic N) is 4. The molecule has 0 unspecified atom stereocenters. The average molecular weight is 1180 g/mol. The second kappa shape index (κ2) is 26.6. The van der Waals surface area contributed by atoms with E-state index < -0.39 is 7.12 Å². The quantitative estimate of drug-likeness (QED) is 0.0314. The van der Waals surface area contributed by atoms with Gasteiger partial charge in [0.15, 0.2) is 11.3 Å². The van der Waals surface area contributed by atoms with Crippen molar-refractivity contribution in [3.05, 3.63) is 271 Å². The maximum absolute atomic E-state index is 8.58. The van der Waals surface area contributed by atoms with E-state index in [9.17, 15) is 0 Å². The molecule has 0 aliphatic carbocycles. The van der Waals surface area contributed by atoms with Gasteiger partial charge in [-0.3, -0.25) is 0 Å². The Hall–Kier alpha value is -8.33. The van der Waals surface area contributed by atoms with Crippen molar-refractivity contribution in [2.24, 2.45) is 0 Å². The van der Waals surface area contributed by atoms with Crippen LogP contribution in [0.4, 0.5) is 0 Å². The number of halogens is 1. The van der Waals surface area contributed by atoms with Crippen molar-refractivity contribution in [2.75, 3.05) is 0 Å². The van der Waals surface area contributed by atoms with Crippen LogP contribution in [-0.4, -0.2) is 36.6 Å². The third-order valence-electron chi connectivity index (χ3n) is 11.7. The molecular formula is C62H46BIN4O8S2. The van der Waals surface area contributed by atoms with E-state index in [-0.39, 0.29) is 0 Å². The lowest BCUT2D eigenvalue weighted by molar-refractivity contribution is -0.188. The number of ether oxygens (including phenoxy) is 2. The maximum atomic E-state index is 8.58. The monoisotopic (exact) mass is 1180 g/mol. The molecule has 0 aliphatic heterocycles. The number of aromatic nitrogens is 4. The molecule has 0 saturated heterocycles. The summed E-state index contributed by atoms with van der Waals surface area (Å²) in [4.78, 5) is 22.4. The molecule has 0 atom stereocenters. The van der Waals surface area contributed by atoms with Crippen LogP contribution in [0, 0.1) is 3.57 Å². The summed E-state index contributed by atoms with van der Waals surface area (Å²) in [6, 6.07) is 78.0. The van der Waals surface area contributed by atoms with Crippen molar-refractivity contribution in [1.29, 1.82) is 0 Å². The Labute approximate surface area is 472 Å². The fraction of sp³-hybridized carbons (Fsp3) is 0. The third kappa shape index (κ3) is 13.8. The van der Waals surface area contributed by atoms with Gasteiger partial charge >= 0.3 is 7.12 Å². The zero-order valence-electron chi connectivity index (χ0n) is 41.3. The largest absolute Gasteiger partial charge is 0.488 e. The van der Waals surface area contributed by atoms with Gasteiger partial charge in [0.05, 0.1) is 36.5 Å². The summed E-state index contributed by atoms with van der Waals surface area (Å²) in [6.07, 6.45) is 7.39. The lowest BCUT2D eigenvalue weighted by Crippen LogP contribution is -2.29. The molecule has 12 nitrogen and oxygen atoms in total. The molecule has 0 bridgehead atoms. The summed E-state index contributed by atoms with van der Waals surface area (Å²) in [5.74, 6) is 3.10. The lowest BCUT2D eigenvalue weighted by Gasteiger charge is -2.11. The number of para-hydroxylation sites is 4. The second-order valence-corrected chi connectivity index (χ2v) is 19.6. The first-order valence-electron chi connectivity index (χ1n) is 24.4. The Morgan fingerprint density at radius 2 is 0.808 bits per heavy atom. The van der Waals surface area contributed by atoms with E-state index >= 15 is 0 Å². The number of fused-ring (bicyclic) bond motifs is 2.